The molecule has 1 rings (SSSR count). The predicted molar refractivity (Wildman–Crippen MR) is 66.8 cm³/mol. The molecule has 1 atom stereocenters. The van der Waals surface area contributed by atoms with Gasteiger partial charge in [0, 0.05) is 6.20 Å². The molecule has 0 aliphatic rings. The van der Waals surface area contributed by atoms with E-state index in [4.69, 9.17) is 4.43 Å². The first-order chi connectivity index (χ1) is 7.96. The van der Waals surface area contributed by atoms with Crippen LogP contribution in [0.4, 0.5) is 13.2 Å². The smallest absolute Gasteiger partial charge is 0.399 e. The summed E-state index contributed by atoms with van der Waals surface area (Å²) in [4.78, 5) is 3.84. The zero-order valence-corrected chi connectivity index (χ0v) is 12.2. The minimum Gasteiger partial charge on any atom is -0.399 e. The summed E-state index contributed by atoms with van der Waals surface area (Å²) in [6.45, 7) is 7.97. The van der Waals surface area contributed by atoms with Crippen molar-refractivity contribution in [2.24, 2.45) is 0 Å². The lowest BCUT2D eigenvalue weighted by atomic mass is 10.00. The van der Waals surface area contributed by atoms with Gasteiger partial charge in [-0.3, -0.25) is 4.98 Å². The van der Waals surface area contributed by atoms with E-state index in [1.165, 1.54) is 12.3 Å². The third kappa shape index (κ3) is 3.32. The van der Waals surface area contributed by atoms with Crippen molar-refractivity contribution < 1.29 is 17.6 Å². The third-order valence-electron chi connectivity index (χ3n) is 2.46. The molecular weight excluding hydrogens is 259 g/mol. The van der Waals surface area contributed by atoms with E-state index in [0.717, 1.165) is 12.5 Å². The summed E-state index contributed by atoms with van der Waals surface area (Å²) in [5.41, 5.74) is -1.70. The zero-order valence-electron chi connectivity index (χ0n) is 11.2. The Morgan fingerprint density at radius 3 is 2.17 bits per heavy atom. The van der Waals surface area contributed by atoms with E-state index in [1.54, 1.807) is 32.6 Å². The monoisotopic (exact) mass is 277 g/mol. The van der Waals surface area contributed by atoms with E-state index in [1.807, 2.05) is 0 Å². The molecule has 1 aromatic rings. The van der Waals surface area contributed by atoms with Gasteiger partial charge in [0.2, 0.25) is 0 Å². The van der Waals surface area contributed by atoms with Crippen LogP contribution >= 0.6 is 0 Å². The van der Waals surface area contributed by atoms with Crippen LogP contribution in [-0.4, -0.2) is 19.5 Å². The number of aryl methyl sites for hydroxylation is 1. The van der Waals surface area contributed by atoms with Gasteiger partial charge in [-0.25, -0.2) is 0 Å². The Hall–Kier alpha value is -0.883. The van der Waals surface area contributed by atoms with Crippen molar-refractivity contribution in [1.82, 2.24) is 4.98 Å². The minimum atomic E-state index is -4.49. The number of halogens is 3. The van der Waals surface area contributed by atoms with Crippen molar-refractivity contribution in [2.75, 3.05) is 0 Å². The fourth-order valence-corrected chi connectivity index (χ4v) is 3.11. The average Bonchev–Trinajstić information content (AvgIpc) is 2.13. The van der Waals surface area contributed by atoms with E-state index in [2.05, 4.69) is 4.98 Å². The maximum Gasteiger partial charge on any atom is 0.421 e. The average molecular weight is 277 g/mol. The third-order valence-corrected chi connectivity index (χ3v) is 3.48. The van der Waals surface area contributed by atoms with Crippen LogP contribution in [0.15, 0.2) is 18.3 Å². The fraction of sp³-hybridized carbons (Fsp3) is 0.583. The second kappa shape index (κ2) is 4.66. The molecule has 18 heavy (non-hydrogen) atoms. The number of hydrogen-bond acceptors (Lipinski definition) is 2. The van der Waals surface area contributed by atoms with Gasteiger partial charge in [0.25, 0.3) is 0 Å². The molecule has 1 aromatic heterocycles. The SMILES string of the molecule is Cc1ccnc([C@@](C)(O[Si](C)(C)C)C(F)(F)F)c1. The van der Waals surface area contributed by atoms with Crippen molar-refractivity contribution in [1.29, 1.82) is 0 Å². The Morgan fingerprint density at radius 2 is 1.78 bits per heavy atom. The fourth-order valence-electron chi connectivity index (χ4n) is 1.66. The summed E-state index contributed by atoms with van der Waals surface area (Å²) in [7, 11) is -2.36. The first kappa shape index (κ1) is 15.2. The molecule has 0 fully saturated rings. The number of rotatable bonds is 3. The lowest BCUT2D eigenvalue weighted by Crippen LogP contribution is -2.49. The molecule has 2 nitrogen and oxygen atoms in total. The Morgan fingerprint density at radius 1 is 1.22 bits per heavy atom. The molecule has 6 heteroatoms. The molecule has 0 aliphatic carbocycles. The number of pyridine rings is 1. The molecular formula is C12H18F3NOSi. The highest BCUT2D eigenvalue weighted by molar-refractivity contribution is 6.69. The highest BCUT2D eigenvalue weighted by atomic mass is 28.4. The summed E-state index contributed by atoms with van der Waals surface area (Å²) in [6.07, 6.45) is -3.11. The van der Waals surface area contributed by atoms with Crippen molar-refractivity contribution in [3.8, 4) is 0 Å². The van der Waals surface area contributed by atoms with Crippen molar-refractivity contribution in [3.05, 3.63) is 29.6 Å². The number of hydrogen-bond donors (Lipinski definition) is 0. The largest absolute Gasteiger partial charge is 0.421 e. The van der Waals surface area contributed by atoms with Crippen LogP contribution in [0.3, 0.4) is 0 Å². The normalized spacial score (nSPS) is 16.4. The van der Waals surface area contributed by atoms with E-state index in [9.17, 15) is 13.2 Å². The second-order valence-corrected chi connectivity index (χ2v) is 9.89. The molecule has 0 unspecified atom stereocenters. The Kier molecular flexibility index (Phi) is 3.93. The quantitative estimate of drug-likeness (QED) is 0.779. The van der Waals surface area contributed by atoms with E-state index >= 15 is 0 Å². The molecule has 0 aromatic carbocycles. The molecule has 0 radical (unpaired) electrons. The molecule has 0 bridgehead atoms. The molecule has 0 amide bonds. The van der Waals surface area contributed by atoms with Crippen molar-refractivity contribution >= 4 is 8.32 Å². The van der Waals surface area contributed by atoms with Crippen LogP contribution in [0.1, 0.15) is 18.2 Å². The molecule has 0 spiro atoms. The lowest BCUT2D eigenvalue weighted by Gasteiger charge is -2.37. The molecule has 0 aliphatic heterocycles. The van der Waals surface area contributed by atoms with Crippen LogP contribution in [0.25, 0.3) is 0 Å². The Labute approximate surface area is 106 Å². The van der Waals surface area contributed by atoms with Gasteiger partial charge in [0.1, 0.15) is 0 Å². The maximum absolute atomic E-state index is 13.3. The summed E-state index contributed by atoms with van der Waals surface area (Å²) >= 11 is 0. The highest BCUT2D eigenvalue weighted by Crippen LogP contribution is 2.43. The van der Waals surface area contributed by atoms with Crippen LogP contribution in [-0.2, 0) is 10.0 Å². The lowest BCUT2D eigenvalue weighted by molar-refractivity contribution is -0.252. The van der Waals surface area contributed by atoms with Gasteiger partial charge >= 0.3 is 6.18 Å². The zero-order chi connectivity index (χ0) is 14.2. The summed E-state index contributed by atoms with van der Waals surface area (Å²) in [5, 5.41) is 0. The molecule has 0 N–H and O–H groups in total. The maximum atomic E-state index is 13.3. The number of nitrogens with zero attached hydrogens (tertiary/aromatic N) is 1. The van der Waals surface area contributed by atoms with Crippen molar-refractivity contribution in [2.45, 2.75) is 45.3 Å². The summed E-state index contributed by atoms with van der Waals surface area (Å²) in [6, 6.07) is 3.09. The minimum absolute atomic E-state index is 0.0857. The van der Waals surface area contributed by atoms with Crippen LogP contribution in [0.2, 0.25) is 19.6 Å². The summed E-state index contributed by atoms with van der Waals surface area (Å²) < 4.78 is 45.3. The molecule has 102 valence electrons. The van der Waals surface area contributed by atoms with Crippen LogP contribution in [0.5, 0.6) is 0 Å². The first-order valence-electron chi connectivity index (χ1n) is 5.66. The number of aromatic nitrogens is 1. The second-order valence-electron chi connectivity index (χ2n) is 5.46. The summed E-state index contributed by atoms with van der Waals surface area (Å²) in [5.74, 6) is 0. The predicted octanol–water partition coefficient (Wildman–Crippen LogP) is 4.02. The Balaban J connectivity index is 3.30. The van der Waals surface area contributed by atoms with Gasteiger partial charge in [-0.2, -0.15) is 13.2 Å². The first-order valence-corrected chi connectivity index (χ1v) is 9.06. The Bertz CT molecular complexity index is 428. The van der Waals surface area contributed by atoms with Crippen molar-refractivity contribution in [3.63, 3.8) is 0 Å². The van der Waals surface area contributed by atoms with E-state index < -0.39 is 20.1 Å². The van der Waals surface area contributed by atoms with Gasteiger partial charge in [-0.05, 0) is 51.2 Å². The van der Waals surface area contributed by atoms with Gasteiger partial charge in [-0.1, -0.05) is 0 Å². The van der Waals surface area contributed by atoms with E-state index in [0.29, 0.717) is 0 Å². The molecule has 0 saturated heterocycles. The molecule has 1 heterocycles. The van der Waals surface area contributed by atoms with Gasteiger partial charge in [0.15, 0.2) is 13.9 Å². The topological polar surface area (TPSA) is 22.1 Å². The van der Waals surface area contributed by atoms with Crippen LogP contribution < -0.4 is 0 Å². The highest BCUT2D eigenvalue weighted by Gasteiger charge is 2.56. The van der Waals surface area contributed by atoms with Crippen LogP contribution in [0, 0.1) is 6.92 Å². The standard InChI is InChI=1S/C12H18F3NOSi/c1-9-6-7-16-10(8-9)11(2,12(13,14)15)17-18(3,4)5/h6-8H,1-5H3/t11-/m1/s1. The van der Waals surface area contributed by atoms with Gasteiger partial charge in [-0.15, -0.1) is 0 Å². The number of alkyl halides is 3. The molecule has 0 saturated carbocycles. The van der Waals surface area contributed by atoms with Gasteiger partial charge < -0.3 is 4.43 Å². The van der Waals surface area contributed by atoms with Gasteiger partial charge in [0.05, 0.1) is 5.69 Å². The van der Waals surface area contributed by atoms with E-state index in [-0.39, 0.29) is 5.69 Å².